The molecule has 0 aliphatic rings. The summed E-state index contributed by atoms with van der Waals surface area (Å²) in [5.41, 5.74) is 2.34. The van der Waals surface area contributed by atoms with Crippen LogP contribution in [0.5, 0.6) is 0 Å². The largest absolute Gasteiger partial charge is 0.352 e. The molecule has 0 heterocycles. The van der Waals surface area contributed by atoms with E-state index >= 15 is 0 Å². The molecule has 0 bridgehead atoms. The third kappa shape index (κ3) is 5.69. The Labute approximate surface area is 195 Å². The van der Waals surface area contributed by atoms with Gasteiger partial charge in [0.25, 0.3) is 15.9 Å². The molecule has 0 aromatic heterocycles. The minimum absolute atomic E-state index is 0.0574. The van der Waals surface area contributed by atoms with E-state index in [1.54, 1.807) is 72.8 Å². The zero-order valence-corrected chi connectivity index (χ0v) is 20.0. The van der Waals surface area contributed by atoms with Gasteiger partial charge in [0.1, 0.15) is 0 Å². The van der Waals surface area contributed by atoms with Gasteiger partial charge in [-0.3, -0.25) is 9.10 Å². The predicted molar refractivity (Wildman–Crippen MR) is 130 cm³/mol. The van der Waals surface area contributed by atoms with Gasteiger partial charge < -0.3 is 5.32 Å². The molecule has 1 amide bonds. The van der Waals surface area contributed by atoms with E-state index in [9.17, 15) is 13.2 Å². The van der Waals surface area contributed by atoms with Crippen LogP contribution in [0.25, 0.3) is 0 Å². The number of anilines is 1. The second-order valence-electron chi connectivity index (χ2n) is 8.07. The standard InChI is InChI=1S/C25H27ClN2O3S/c1-18(2)16-27-25(29)23-6-4-5-7-24(23)28(17-20-10-12-21(26)13-11-20)32(30,31)22-14-8-19(3)9-15-22/h4-15,18H,16-17H2,1-3H3,(H,27,29). The molecular formula is C25H27ClN2O3S. The van der Waals surface area contributed by atoms with Crippen LogP contribution in [0.15, 0.2) is 77.7 Å². The van der Waals surface area contributed by atoms with Crippen LogP contribution < -0.4 is 9.62 Å². The lowest BCUT2D eigenvalue weighted by molar-refractivity contribution is 0.0949. The maximum absolute atomic E-state index is 13.7. The molecule has 0 aliphatic heterocycles. The Bertz CT molecular complexity index is 1170. The number of carbonyl (C=O) groups is 1. The Morgan fingerprint density at radius 1 is 0.969 bits per heavy atom. The topological polar surface area (TPSA) is 66.5 Å². The van der Waals surface area contributed by atoms with E-state index in [0.717, 1.165) is 11.1 Å². The lowest BCUT2D eigenvalue weighted by Gasteiger charge is -2.27. The quantitative estimate of drug-likeness (QED) is 0.477. The highest BCUT2D eigenvalue weighted by molar-refractivity contribution is 7.92. The van der Waals surface area contributed by atoms with Crippen LogP contribution in [0.3, 0.4) is 0 Å². The van der Waals surface area contributed by atoms with Crippen molar-refractivity contribution in [3.63, 3.8) is 0 Å². The first-order valence-electron chi connectivity index (χ1n) is 10.4. The average molecular weight is 471 g/mol. The highest BCUT2D eigenvalue weighted by Crippen LogP contribution is 2.29. The fourth-order valence-electron chi connectivity index (χ4n) is 3.17. The van der Waals surface area contributed by atoms with Gasteiger partial charge in [-0.1, -0.05) is 67.4 Å². The summed E-state index contributed by atoms with van der Waals surface area (Å²) in [7, 11) is -3.95. The van der Waals surface area contributed by atoms with Crippen LogP contribution in [0.4, 0.5) is 5.69 Å². The molecule has 7 heteroatoms. The van der Waals surface area contributed by atoms with Gasteiger partial charge in [0.2, 0.25) is 0 Å². The van der Waals surface area contributed by atoms with Gasteiger partial charge in [0.05, 0.1) is 22.7 Å². The number of aryl methyl sites for hydroxylation is 1. The third-order valence-corrected chi connectivity index (χ3v) is 6.96. The number of hydrogen-bond acceptors (Lipinski definition) is 3. The number of carbonyl (C=O) groups excluding carboxylic acids is 1. The van der Waals surface area contributed by atoms with Crippen molar-refractivity contribution < 1.29 is 13.2 Å². The number of nitrogens with one attached hydrogen (secondary N) is 1. The van der Waals surface area contributed by atoms with Crippen LogP contribution in [0, 0.1) is 12.8 Å². The van der Waals surface area contributed by atoms with E-state index in [1.807, 2.05) is 20.8 Å². The van der Waals surface area contributed by atoms with Crippen LogP contribution in [0.1, 0.15) is 35.3 Å². The maximum Gasteiger partial charge on any atom is 0.264 e. The third-order valence-electron chi connectivity index (χ3n) is 4.94. The molecule has 0 saturated heterocycles. The van der Waals surface area contributed by atoms with Crippen LogP contribution >= 0.6 is 11.6 Å². The summed E-state index contributed by atoms with van der Waals surface area (Å²) < 4.78 is 28.7. The summed E-state index contributed by atoms with van der Waals surface area (Å²) >= 11 is 6.01. The molecule has 0 saturated carbocycles. The Balaban J connectivity index is 2.10. The number of amides is 1. The van der Waals surface area contributed by atoms with Crippen molar-refractivity contribution in [2.24, 2.45) is 5.92 Å². The number of hydrogen-bond donors (Lipinski definition) is 1. The van der Waals surface area contributed by atoms with Crippen molar-refractivity contribution in [3.8, 4) is 0 Å². The molecule has 3 rings (SSSR count). The lowest BCUT2D eigenvalue weighted by atomic mass is 10.1. The fraction of sp³-hybridized carbons (Fsp3) is 0.240. The summed E-state index contributed by atoms with van der Waals surface area (Å²) in [4.78, 5) is 13.1. The van der Waals surface area contributed by atoms with Crippen molar-refractivity contribution in [1.29, 1.82) is 0 Å². The zero-order valence-electron chi connectivity index (χ0n) is 18.4. The Kier molecular flexibility index (Phi) is 7.59. The first kappa shape index (κ1) is 23.8. The molecule has 32 heavy (non-hydrogen) atoms. The molecule has 3 aromatic rings. The van der Waals surface area contributed by atoms with Crippen LogP contribution in [0.2, 0.25) is 5.02 Å². The van der Waals surface area contributed by atoms with E-state index < -0.39 is 10.0 Å². The molecule has 0 fully saturated rings. The number of para-hydroxylation sites is 1. The van der Waals surface area contributed by atoms with Crippen molar-refractivity contribution in [2.45, 2.75) is 32.2 Å². The number of nitrogens with zero attached hydrogens (tertiary/aromatic N) is 1. The molecule has 0 spiro atoms. The molecule has 168 valence electrons. The summed E-state index contributed by atoms with van der Waals surface area (Å²) in [6.07, 6.45) is 0. The van der Waals surface area contributed by atoms with Crippen molar-refractivity contribution in [3.05, 3.63) is 94.5 Å². The predicted octanol–water partition coefficient (Wildman–Crippen LogP) is 5.43. The number of rotatable bonds is 8. The van der Waals surface area contributed by atoms with E-state index in [0.29, 0.717) is 22.8 Å². The number of benzene rings is 3. The Hall–Kier alpha value is -2.83. The fourth-order valence-corrected chi connectivity index (χ4v) is 4.77. The van der Waals surface area contributed by atoms with Crippen LogP contribution in [-0.2, 0) is 16.6 Å². The number of sulfonamides is 1. The van der Waals surface area contributed by atoms with Crippen molar-refractivity contribution in [1.82, 2.24) is 5.32 Å². The molecule has 0 radical (unpaired) electrons. The smallest absolute Gasteiger partial charge is 0.264 e. The average Bonchev–Trinajstić information content (AvgIpc) is 2.77. The van der Waals surface area contributed by atoms with E-state index in [4.69, 9.17) is 11.6 Å². The summed E-state index contributed by atoms with van der Waals surface area (Å²) in [6.45, 7) is 6.45. The van der Waals surface area contributed by atoms with Crippen molar-refractivity contribution in [2.75, 3.05) is 10.8 Å². The normalized spacial score (nSPS) is 11.4. The SMILES string of the molecule is Cc1ccc(S(=O)(=O)N(Cc2ccc(Cl)cc2)c2ccccc2C(=O)NCC(C)C)cc1. The highest BCUT2D eigenvalue weighted by atomic mass is 35.5. The molecule has 5 nitrogen and oxygen atoms in total. The first-order valence-corrected chi connectivity index (χ1v) is 12.2. The zero-order chi connectivity index (χ0) is 23.3. The summed E-state index contributed by atoms with van der Waals surface area (Å²) in [6, 6.07) is 20.4. The van der Waals surface area contributed by atoms with Gasteiger partial charge in [-0.25, -0.2) is 8.42 Å². The lowest BCUT2D eigenvalue weighted by Crippen LogP contribution is -2.34. The van der Waals surface area contributed by atoms with Gasteiger partial charge in [-0.15, -0.1) is 0 Å². The molecule has 0 atom stereocenters. The van der Waals surface area contributed by atoms with Gasteiger partial charge in [-0.2, -0.15) is 0 Å². The van der Waals surface area contributed by atoms with E-state index in [2.05, 4.69) is 5.32 Å². The molecule has 0 unspecified atom stereocenters. The first-order chi connectivity index (χ1) is 15.2. The molecule has 0 aliphatic carbocycles. The highest BCUT2D eigenvalue weighted by Gasteiger charge is 2.28. The Morgan fingerprint density at radius 3 is 2.22 bits per heavy atom. The Morgan fingerprint density at radius 2 is 1.59 bits per heavy atom. The van der Waals surface area contributed by atoms with Gasteiger partial charge in [0, 0.05) is 11.6 Å². The molecule has 3 aromatic carbocycles. The van der Waals surface area contributed by atoms with Gasteiger partial charge >= 0.3 is 0 Å². The van der Waals surface area contributed by atoms with Crippen LogP contribution in [-0.4, -0.2) is 20.9 Å². The summed E-state index contributed by atoms with van der Waals surface area (Å²) in [5.74, 6) is -0.0397. The molecule has 1 N–H and O–H groups in total. The van der Waals surface area contributed by atoms with Gasteiger partial charge in [-0.05, 0) is 54.8 Å². The van der Waals surface area contributed by atoms with E-state index in [-0.39, 0.29) is 23.3 Å². The minimum atomic E-state index is -3.95. The molecular weight excluding hydrogens is 444 g/mol. The minimum Gasteiger partial charge on any atom is -0.352 e. The van der Waals surface area contributed by atoms with E-state index in [1.165, 1.54) is 4.31 Å². The second kappa shape index (κ2) is 10.2. The second-order valence-corrected chi connectivity index (χ2v) is 10.4. The summed E-state index contributed by atoms with van der Waals surface area (Å²) in [5, 5.41) is 3.45. The monoisotopic (exact) mass is 470 g/mol. The van der Waals surface area contributed by atoms with Gasteiger partial charge in [0.15, 0.2) is 0 Å². The number of halogens is 1. The van der Waals surface area contributed by atoms with Crippen molar-refractivity contribution >= 4 is 33.2 Å². The maximum atomic E-state index is 13.7.